The summed E-state index contributed by atoms with van der Waals surface area (Å²) in [6.45, 7) is 7.07. The van der Waals surface area contributed by atoms with Crippen molar-refractivity contribution in [1.29, 1.82) is 0 Å². The number of para-hydroxylation sites is 1. The van der Waals surface area contributed by atoms with Crippen LogP contribution in [0.4, 0.5) is 0 Å². The number of hydrogen-bond acceptors (Lipinski definition) is 6. The molecule has 5 rings (SSSR count). The third kappa shape index (κ3) is 5.06. The van der Waals surface area contributed by atoms with Gasteiger partial charge in [0.25, 0.3) is 0 Å². The first-order valence-electron chi connectivity index (χ1n) is 12.1. The second kappa shape index (κ2) is 10.1. The Kier molecular flexibility index (Phi) is 6.76. The van der Waals surface area contributed by atoms with E-state index >= 15 is 0 Å². The van der Waals surface area contributed by atoms with Crippen molar-refractivity contribution in [3.63, 3.8) is 0 Å². The molecule has 1 fully saturated rings. The van der Waals surface area contributed by atoms with E-state index in [9.17, 15) is 0 Å². The number of pyridine rings is 2. The fraction of sp³-hybridized carbons (Fsp3) is 0.407. The molecule has 1 saturated heterocycles. The van der Waals surface area contributed by atoms with Crippen LogP contribution >= 0.6 is 0 Å². The number of nitrogens with zero attached hydrogens (tertiary/aromatic N) is 6. The van der Waals surface area contributed by atoms with Crippen LogP contribution in [0.15, 0.2) is 54.9 Å². The lowest BCUT2D eigenvalue weighted by atomic mass is 10.1. The predicted molar refractivity (Wildman–Crippen MR) is 137 cm³/mol. The van der Waals surface area contributed by atoms with Crippen LogP contribution < -0.4 is 4.74 Å². The molecule has 1 aliphatic heterocycles. The van der Waals surface area contributed by atoms with E-state index in [4.69, 9.17) is 9.72 Å². The molecule has 0 atom stereocenters. The predicted octanol–water partition coefficient (Wildman–Crippen LogP) is 3.63. The lowest BCUT2D eigenvalue weighted by molar-refractivity contribution is 0.148. The van der Waals surface area contributed by atoms with E-state index < -0.39 is 0 Å². The minimum absolute atomic E-state index is 0.672. The van der Waals surface area contributed by atoms with Crippen LogP contribution in [0.5, 0.6) is 5.88 Å². The van der Waals surface area contributed by atoms with Crippen LogP contribution in [0.3, 0.4) is 0 Å². The highest BCUT2D eigenvalue weighted by Gasteiger charge is 2.17. The Morgan fingerprint density at radius 1 is 0.971 bits per heavy atom. The number of piperazine rings is 1. The molecule has 0 bridgehead atoms. The number of ether oxygens (including phenoxy) is 1. The van der Waals surface area contributed by atoms with Gasteiger partial charge in [-0.15, -0.1) is 0 Å². The van der Waals surface area contributed by atoms with Crippen LogP contribution in [0.2, 0.25) is 0 Å². The van der Waals surface area contributed by atoms with Gasteiger partial charge in [-0.05, 0) is 57.4 Å². The second-order valence-corrected chi connectivity index (χ2v) is 9.51. The van der Waals surface area contributed by atoms with Gasteiger partial charge in [-0.3, -0.25) is 9.30 Å². The number of rotatable bonds is 8. The van der Waals surface area contributed by atoms with Crippen molar-refractivity contribution < 1.29 is 4.74 Å². The number of fused-ring (bicyclic) bond motifs is 3. The molecule has 7 heteroatoms. The molecule has 0 spiro atoms. The number of likely N-dealkylation sites (N-methyl/N-ethyl adjacent to an activating group) is 1. The Morgan fingerprint density at radius 2 is 1.79 bits per heavy atom. The molecular formula is C27H34N6O. The second-order valence-electron chi connectivity index (χ2n) is 9.51. The molecule has 0 amide bonds. The van der Waals surface area contributed by atoms with Crippen molar-refractivity contribution >= 4 is 16.7 Å². The monoisotopic (exact) mass is 458 g/mol. The Morgan fingerprint density at radius 3 is 2.56 bits per heavy atom. The molecule has 3 aromatic heterocycles. The molecule has 0 radical (unpaired) electrons. The number of aromatic nitrogens is 3. The maximum Gasteiger partial charge on any atom is 0.213 e. The van der Waals surface area contributed by atoms with Gasteiger partial charge in [0.15, 0.2) is 0 Å². The zero-order chi connectivity index (χ0) is 23.5. The lowest BCUT2D eigenvalue weighted by Crippen LogP contribution is -2.43. The number of hydrogen-bond donors (Lipinski definition) is 0. The lowest BCUT2D eigenvalue weighted by Gasteiger charge is -2.32. The quantitative estimate of drug-likeness (QED) is 0.376. The van der Waals surface area contributed by atoms with Gasteiger partial charge in [-0.1, -0.05) is 12.1 Å². The number of imidazole rings is 1. The smallest absolute Gasteiger partial charge is 0.213 e. The molecule has 34 heavy (non-hydrogen) atoms. The van der Waals surface area contributed by atoms with Crippen molar-refractivity contribution in [3.05, 3.63) is 60.4 Å². The van der Waals surface area contributed by atoms with E-state index in [2.05, 4.69) is 87.8 Å². The summed E-state index contributed by atoms with van der Waals surface area (Å²) in [6.07, 6.45) is 5.07. The average Bonchev–Trinajstić information content (AvgIpc) is 3.22. The topological polar surface area (TPSA) is 49.1 Å². The van der Waals surface area contributed by atoms with Gasteiger partial charge >= 0.3 is 0 Å². The third-order valence-electron chi connectivity index (χ3n) is 6.56. The van der Waals surface area contributed by atoms with E-state index in [1.807, 2.05) is 12.3 Å². The van der Waals surface area contributed by atoms with E-state index in [0.29, 0.717) is 12.5 Å². The SMILES string of the molecule is CN(C)CCCOc1ccc(-c2ccc3nc4cccc(CN5CCN(C)CC5)c4n3c2)cn1. The Balaban J connectivity index is 1.38. The van der Waals surface area contributed by atoms with Crippen molar-refractivity contribution in [1.82, 2.24) is 29.1 Å². The number of benzene rings is 1. The Bertz CT molecular complexity index is 1240. The molecule has 0 unspecified atom stereocenters. The Hall–Kier alpha value is -3.00. The fourth-order valence-corrected chi connectivity index (χ4v) is 4.57. The maximum absolute atomic E-state index is 5.80. The first-order chi connectivity index (χ1) is 16.6. The van der Waals surface area contributed by atoms with E-state index in [1.54, 1.807) is 0 Å². The highest BCUT2D eigenvalue weighted by Crippen LogP contribution is 2.26. The van der Waals surface area contributed by atoms with Crippen LogP contribution in [-0.2, 0) is 6.54 Å². The van der Waals surface area contributed by atoms with Gasteiger partial charge in [-0.2, -0.15) is 0 Å². The summed E-state index contributed by atoms with van der Waals surface area (Å²) in [5.41, 5.74) is 6.73. The minimum Gasteiger partial charge on any atom is -0.478 e. The molecule has 0 aliphatic carbocycles. The molecule has 1 aromatic carbocycles. The molecule has 4 aromatic rings. The van der Waals surface area contributed by atoms with Crippen LogP contribution in [-0.4, -0.2) is 89.5 Å². The third-order valence-corrected chi connectivity index (χ3v) is 6.56. The van der Waals surface area contributed by atoms with Gasteiger partial charge in [0.1, 0.15) is 5.65 Å². The van der Waals surface area contributed by atoms with Crippen LogP contribution in [0.1, 0.15) is 12.0 Å². The molecule has 0 N–H and O–H groups in total. The molecule has 178 valence electrons. The molecule has 7 nitrogen and oxygen atoms in total. The van der Waals surface area contributed by atoms with Gasteiger partial charge in [0.2, 0.25) is 5.88 Å². The van der Waals surface area contributed by atoms with Crippen LogP contribution in [0, 0.1) is 0 Å². The zero-order valence-corrected chi connectivity index (χ0v) is 20.4. The first kappa shape index (κ1) is 22.8. The summed E-state index contributed by atoms with van der Waals surface area (Å²) < 4.78 is 8.03. The largest absolute Gasteiger partial charge is 0.478 e. The highest BCUT2D eigenvalue weighted by molar-refractivity contribution is 5.84. The van der Waals surface area contributed by atoms with Crippen LogP contribution in [0.25, 0.3) is 27.8 Å². The van der Waals surface area contributed by atoms with E-state index in [0.717, 1.165) is 68.0 Å². The highest BCUT2D eigenvalue weighted by atomic mass is 16.5. The normalized spacial score (nSPS) is 15.5. The van der Waals surface area contributed by atoms with Gasteiger partial charge in [-0.25, -0.2) is 9.97 Å². The summed E-state index contributed by atoms with van der Waals surface area (Å²) >= 11 is 0. The summed E-state index contributed by atoms with van der Waals surface area (Å²) in [6, 6.07) is 14.7. The zero-order valence-electron chi connectivity index (χ0n) is 20.4. The fourth-order valence-electron chi connectivity index (χ4n) is 4.57. The van der Waals surface area contributed by atoms with Crippen molar-refractivity contribution in [3.8, 4) is 17.0 Å². The average molecular weight is 459 g/mol. The standard InChI is InChI=1S/C27H34N6O/c1-30(2)12-5-17-34-26-11-9-21(18-28-26)22-8-10-25-29-24-7-4-6-23(27(24)33(25)20-22)19-32-15-13-31(3)14-16-32/h4,6-11,18,20H,5,12-17,19H2,1-3H3. The summed E-state index contributed by atoms with van der Waals surface area (Å²) in [4.78, 5) is 16.5. The van der Waals surface area contributed by atoms with E-state index in [1.165, 1.54) is 11.1 Å². The van der Waals surface area contributed by atoms with Crippen molar-refractivity contribution in [2.24, 2.45) is 0 Å². The molecule has 1 aliphatic rings. The van der Waals surface area contributed by atoms with Crippen molar-refractivity contribution in [2.75, 3.05) is 60.5 Å². The molecular weight excluding hydrogens is 424 g/mol. The minimum atomic E-state index is 0.672. The van der Waals surface area contributed by atoms with Gasteiger partial charge < -0.3 is 14.5 Å². The summed E-state index contributed by atoms with van der Waals surface area (Å²) in [7, 11) is 6.34. The maximum atomic E-state index is 5.80. The molecule has 0 saturated carbocycles. The first-order valence-corrected chi connectivity index (χ1v) is 12.1. The van der Waals surface area contributed by atoms with Gasteiger partial charge in [0, 0.05) is 68.9 Å². The summed E-state index contributed by atoms with van der Waals surface area (Å²) in [5, 5.41) is 0. The summed E-state index contributed by atoms with van der Waals surface area (Å²) in [5.74, 6) is 0.672. The Labute approximate surface area is 201 Å². The molecule has 4 heterocycles. The van der Waals surface area contributed by atoms with E-state index in [-0.39, 0.29) is 0 Å². The van der Waals surface area contributed by atoms with Crippen molar-refractivity contribution in [2.45, 2.75) is 13.0 Å². The van der Waals surface area contributed by atoms with Gasteiger partial charge in [0.05, 0.1) is 17.6 Å².